The maximum Gasteiger partial charge on any atom is 0.255 e. The number of carbonyl (C=O) groups is 1. The van der Waals surface area contributed by atoms with Crippen molar-refractivity contribution in [2.24, 2.45) is 17.6 Å². The topological polar surface area (TPSA) is 59.2 Å². The van der Waals surface area contributed by atoms with Crippen LogP contribution in [0.4, 0.5) is 0 Å². The molecule has 4 nitrogen and oxygen atoms in total. The van der Waals surface area contributed by atoms with Crippen LogP contribution in [0.15, 0.2) is 24.5 Å². The molecule has 2 aliphatic rings. The van der Waals surface area contributed by atoms with Gasteiger partial charge in [-0.15, -0.1) is 0 Å². The molecule has 17 heavy (non-hydrogen) atoms. The molecule has 0 bridgehead atoms. The number of carbonyl (C=O) groups excluding carboxylic acids is 1. The summed E-state index contributed by atoms with van der Waals surface area (Å²) in [4.78, 5) is 18.2. The molecule has 1 amide bonds. The van der Waals surface area contributed by atoms with Crippen molar-refractivity contribution in [3.05, 3.63) is 30.1 Å². The van der Waals surface area contributed by atoms with Crippen molar-refractivity contribution in [3.63, 3.8) is 0 Å². The normalized spacial score (nSPS) is 31.6. The van der Waals surface area contributed by atoms with E-state index in [4.69, 9.17) is 5.73 Å². The van der Waals surface area contributed by atoms with E-state index in [9.17, 15) is 4.79 Å². The third-order valence-electron chi connectivity index (χ3n) is 4.11. The van der Waals surface area contributed by atoms with E-state index in [1.54, 1.807) is 18.5 Å². The summed E-state index contributed by atoms with van der Waals surface area (Å²) >= 11 is 0. The molecule has 0 spiro atoms. The van der Waals surface area contributed by atoms with Gasteiger partial charge in [0.25, 0.3) is 5.91 Å². The smallest absolute Gasteiger partial charge is 0.255 e. The first-order valence-corrected chi connectivity index (χ1v) is 6.20. The minimum Gasteiger partial charge on any atom is -0.338 e. The molecule has 1 saturated carbocycles. The summed E-state index contributed by atoms with van der Waals surface area (Å²) in [6, 6.07) is 3.91. The van der Waals surface area contributed by atoms with Crippen LogP contribution in [0.1, 0.15) is 23.2 Å². The SMILES string of the molecule is NC1CCC2CN(C(=O)c3cccnc3)CC12. The van der Waals surface area contributed by atoms with Crippen LogP contribution in [0.5, 0.6) is 0 Å². The molecule has 1 saturated heterocycles. The molecule has 1 aliphatic carbocycles. The quantitative estimate of drug-likeness (QED) is 0.781. The summed E-state index contributed by atoms with van der Waals surface area (Å²) in [6.07, 6.45) is 5.61. The zero-order valence-corrected chi connectivity index (χ0v) is 9.75. The van der Waals surface area contributed by atoms with Gasteiger partial charge in [-0.25, -0.2) is 0 Å². The van der Waals surface area contributed by atoms with Crippen LogP contribution in [0, 0.1) is 11.8 Å². The van der Waals surface area contributed by atoms with Crippen LogP contribution in [0.25, 0.3) is 0 Å². The van der Waals surface area contributed by atoms with Crippen LogP contribution in [-0.2, 0) is 0 Å². The van der Waals surface area contributed by atoms with E-state index in [0.717, 1.165) is 19.5 Å². The Labute approximate surface area is 101 Å². The van der Waals surface area contributed by atoms with Crippen molar-refractivity contribution >= 4 is 5.91 Å². The second-order valence-electron chi connectivity index (χ2n) is 5.12. The second kappa shape index (κ2) is 4.11. The molecule has 4 heteroatoms. The van der Waals surface area contributed by atoms with Gasteiger partial charge in [-0.3, -0.25) is 9.78 Å². The molecule has 3 unspecified atom stereocenters. The summed E-state index contributed by atoms with van der Waals surface area (Å²) in [5.74, 6) is 1.22. The van der Waals surface area contributed by atoms with E-state index < -0.39 is 0 Å². The molecule has 90 valence electrons. The lowest BCUT2D eigenvalue weighted by molar-refractivity contribution is 0.0779. The molecule has 2 fully saturated rings. The molecule has 3 atom stereocenters. The van der Waals surface area contributed by atoms with Gasteiger partial charge in [0, 0.05) is 31.5 Å². The molecule has 0 radical (unpaired) electrons. The highest BCUT2D eigenvalue weighted by atomic mass is 16.2. The number of hydrogen-bond donors (Lipinski definition) is 1. The van der Waals surface area contributed by atoms with Gasteiger partial charge in [0.2, 0.25) is 0 Å². The molecule has 0 aromatic carbocycles. The van der Waals surface area contributed by atoms with Gasteiger partial charge in [-0.05, 0) is 36.8 Å². The fourth-order valence-electron chi connectivity index (χ4n) is 3.15. The highest BCUT2D eigenvalue weighted by Gasteiger charge is 2.42. The maximum absolute atomic E-state index is 12.2. The Hall–Kier alpha value is -1.42. The minimum atomic E-state index is 0.0969. The monoisotopic (exact) mass is 231 g/mol. The Morgan fingerprint density at radius 1 is 1.41 bits per heavy atom. The number of nitrogens with zero attached hydrogens (tertiary/aromatic N) is 2. The standard InChI is InChI=1S/C13H17N3O/c14-12-4-3-10-7-16(8-11(10)12)13(17)9-2-1-5-15-6-9/h1-2,5-6,10-12H,3-4,7-8,14H2. The zero-order valence-electron chi connectivity index (χ0n) is 9.75. The highest BCUT2D eigenvalue weighted by molar-refractivity contribution is 5.94. The Morgan fingerprint density at radius 3 is 3.00 bits per heavy atom. The van der Waals surface area contributed by atoms with Crippen molar-refractivity contribution in [3.8, 4) is 0 Å². The average molecular weight is 231 g/mol. The summed E-state index contributed by atoms with van der Waals surface area (Å²) in [5, 5.41) is 0. The minimum absolute atomic E-state index is 0.0969. The van der Waals surface area contributed by atoms with E-state index in [-0.39, 0.29) is 11.9 Å². The Balaban J connectivity index is 1.73. The van der Waals surface area contributed by atoms with Crippen LogP contribution in [0.3, 0.4) is 0 Å². The predicted octanol–water partition coefficient (Wildman–Crippen LogP) is 0.891. The number of rotatable bonds is 1. The van der Waals surface area contributed by atoms with Crippen molar-refractivity contribution in [2.75, 3.05) is 13.1 Å². The van der Waals surface area contributed by atoms with Crippen molar-refractivity contribution < 1.29 is 4.79 Å². The Morgan fingerprint density at radius 2 is 2.29 bits per heavy atom. The van der Waals surface area contributed by atoms with E-state index in [1.807, 2.05) is 11.0 Å². The van der Waals surface area contributed by atoms with Crippen LogP contribution < -0.4 is 5.73 Å². The molecule has 2 N–H and O–H groups in total. The van der Waals surface area contributed by atoms with E-state index in [2.05, 4.69) is 4.98 Å². The van der Waals surface area contributed by atoms with Gasteiger partial charge in [0.15, 0.2) is 0 Å². The van der Waals surface area contributed by atoms with Crippen molar-refractivity contribution in [1.82, 2.24) is 9.88 Å². The molecule has 1 aliphatic heterocycles. The molecule has 3 rings (SSSR count). The summed E-state index contributed by atoms with van der Waals surface area (Å²) in [7, 11) is 0. The number of fused-ring (bicyclic) bond motifs is 1. The lowest BCUT2D eigenvalue weighted by Gasteiger charge is -2.18. The van der Waals surface area contributed by atoms with Gasteiger partial charge in [-0.2, -0.15) is 0 Å². The third-order valence-corrected chi connectivity index (χ3v) is 4.11. The van der Waals surface area contributed by atoms with Gasteiger partial charge < -0.3 is 10.6 Å². The van der Waals surface area contributed by atoms with Gasteiger partial charge in [0.1, 0.15) is 0 Å². The fraction of sp³-hybridized carbons (Fsp3) is 0.538. The van der Waals surface area contributed by atoms with Crippen LogP contribution >= 0.6 is 0 Å². The summed E-state index contributed by atoms with van der Waals surface area (Å²) < 4.78 is 0. The number of pyridine rings is 1. The summed E-state index contributed by atoms with van der Waals surface area (Å²) in [5.41, 5.74) is 6.75. The zero-order chi connectivity index (χ0) is 11.8. The lowest BCUT2D eigenvalue weighted by Crippen LogP contribution is -2.33. The molecular formula is C13H17N3O. The Bertz CT molecular complexity index is 420. The first-order chi connectivity index (χ1) is 8.25. The largest absolute Gasteiger partial charge is 0.338 e. The molecule has 2 heterocycles. The number of likely N-dealkylation sites (tertiary alicyclic amines) is 1. The number of hydrogen-bond acceptors (Lipinski definition) is 3. The van der Waals surface area contributed by atoms with Gasteiger partial charge in [0.05, 0.1) is 5.56 Å². The van der Waals surface area contributed by atoms with Crippen molar-refractivity contribution in [1.29, 1.82) is 0 Å². The van der Waals surface area contributed by atoms with E-state index in [0.29, 0.717) is 17.4 Å². The van der Waals surface area contributed by atoms with Gasteiger partial charge in [-0.1, -0.05) is 0 Å². The molecule has 1 aromatic heterocycles. The third kappa shape index (κ3) is 1.82. The molecule has 1 aromatic rings. The summed E-state index contributed by atoms with van der Waals surface area (Å²) in [6.45, 7) is 1.69. The first-order valence-electron chi connectivity index (χ1n) is 6.20. The lowest BCUT2D eigenvalue weighted by atomic mass is 9.98. The van der Waals surface area contributed by atoms with E-state index >= 15 is 0 Å². The average Bonchev–Trinajstić information content (AvgIpc) is 2.92. The van der Waals surface area contributed by atoms with Crippen LogP contribution in [0.2, 0.25) is 0 Å². The maximum atomic E-state index is 12.2. The number of amides is 1. The fourth-order valence-corrected chi connectivity index (χ4v) is 3.15. The highest BCUT2D eigenvalue weighted by Crippen LogP contribution is 2.37. The van der Waals surface area contributed by atoms with E-state index in [1.165, 1.54) is 6.42 Å². The number of aromatic nitrogens is 1. The second-order valence-corrected chi connectivity index (χ2v) is 5.12. The molecular weight excluding hydrogens is 214 g/mol. The van der Waals surface area contributed by atoms with Crippen LogP contribution in [-0.4, -0.2) is 34.9 Å². The van der Waals surface area contributed by atoms with Crippen molar-refractivity contribution in [2.45, 2.75) is 18.9 Å². The van der Waals surface area contributed by atoms with Gasteiger partial charge >= 0.3 is 0 Å². The predicted molar refractivity (Wildman–Crippen MR) is 64.3 cm³/mol. The first kappa shape index (κ1) is 10.7. The Kier molecular flexibility index (Phi) is 2.59. The number of nitrogens with two attached hydrogens (primary N) is 1.